The first kappa shape index (κ1) is 26.4. The van der Waals surface area contributed by atoms with Gasteiger partial charge in [0.15, 0.2) is 6.04 Å². The molecule has 0 saturated carbocycles. The Kier molecular flexibility index (Phi) is 17.6. The Morgan fingerprint density at radius 2 is 1.92 bits per heavy atom. The zero-order valence-electron chi connectivity index (χ0n) is 15.2. The standard InChI is InChI=1S/C9H13N4O4.C6H15P.Au/c1-17-9(16)7(5-14)11-8(15)3-2-6-4-10-13-12-6;1-4-7(5-2)6-3;/h7,14H,2-3,5H2,1H3,(H,11,15)(H,10,12,13);4-6H2,1-3H3;/q-1;;+1/p+1. The second-order valence-electron chi connectivity index (χ2n) is 5.04. The SMILES string of the molecule is CC[PH+](CC)CC.COC(=O)C(CO)NC(=O)CCc1[c-]nn[nH]1.[Au+]. The van der Waals surface area contributed by atoms with Gasteiger partial charge < -0.3 is 31.6 Å². The molecule has 1 atom stereocenters. The third-order valence-corrected chi connectivity index (χ3v) is 6.53. The molecule has 1 aromatic heterocycles. The van der Waals surface area contributed by atoms with Crippen LogP contribution in [-0.2, 0) is 43.1 Å². The first-order chi connectivity index (χ1) is 11.5. The van der Waals surface area contributed by atoms with Crippen molar-refractivity contribution in [3.8, 4) is 0 Å². The third-order valence-electron chi connectivity index (χ3n) is 3.53. The van der Waals surface area contributed by atoms with E-state index in [4.69, 9.17) is 5.11 Å². The first-order valence-electron chi connectivity index (χ1n) is 8.11. The number of carbonyl (C=O) groups excluding carboxylic acids is 2. The van der Waals surface area contributed by atoms with Crippen molar-refractivity contribution in [3.63, 3.8) is 0 Å². The second-order valence-corrected chi connectivity index (χ2v) is 8.66. The number of esters is 1. The molecule has 1 heterocycles. The summed E-state index contributed by atoms with van der Waals surface area (Å²) in [5.41, 5.74) is 0.596. The molecule has 0 spiro atoms. The maximum absolute atomic E-state index is 11.4. The topological polar surface area (TPSA) is 117 Å². The van der Waals surface area contributed by atoms with E-state index in [0.29, 0.717) is 12.1 Å². The van der Waals surface area contributed by atoms with Crippen LogP contribution in [0.1, 0.15) is 32.9 Å². The number of aromatic amines is 1. The molecule has 25 heavy (non-hydrogen) atoms. The van der Waals surface area contributed by atoms with Crippen LogP contribution < -0.4 is 5.32 Å². The van der Waals surface area contributed by atoms with Gasteiger partial charge in [0, 0.05) is 6.42 Å². The van der Waals surface area contributed by atoms with Crippen molar-refractivity contribution in [2.45, 2.75) is 39.7 Å². The number of carbonyl (C=O) groups is 2. The molecule has 1 aromatic rings. The zero-order chi connectivity index (χ0) is 18.4. The van der Waals surface area contributed by atoms with Gasteiger partial charge in [-0.05, 0) is 35.1 Å². The van der Waals surface area contributed by atoms with E-state index in [1.54, 1.807) is 0 Å². The average Bonchev–Trinajstić information content (AvgIpc) is 3.13. The monoisotopic (exact) mass is 557 g/mol. The normalized spacial score (nSPS) is 11.0. The van der Waals surface area contributed by atoms with Gasteiger partial charge in [0.05, 0.1) is 32.2 Å². The maximum atomic E-state index is 11.4. The smallest absolute Gasteiger partial charge is 0.467 e. The van der Waals surface area contributed by atoms with Crippen molar-refractivity contribution in [1.82, 2.24) is 20.7 Å². The largest absolute Gasteiger partial charge is 1.00 e. The van der Waals surface area contributed by atoms with E-state index in [1.807, 2.05) is 0 Å². The Balaban J connectivity index is 0. The fraction of sp³-hybridized carbons (Fsp3) is 0.733. The fourth-order valence-electron chi connectivity index (χ4n) is 1.88. The number of aliphatic hydroxyl groups excluding tert-OH is 1. The van der Waals surface area contributed by atoms with E-state index in [2.05, 4.69) is 52.4 Å². The van der Waals surface area contributed by atoms with Gasteiger partial charge in [0.25, 0.3) is 0 Å². The van der Waals surface area contributed by atoms with Gasteiger partial charge in [-0.1, -0.05) is 0 Å². The molecule has 1 rings (SSSR count). The number of aromatic nitrogens is 3. The minimum absolute atomic E-state index is 0. The number of H-pyrrole nitrogens is 1. The van der Waals surface area contributed by atoms with Crippen LogP contribution in [0.5, 0.6) is 0 Å². The summed E-state index contributed by atoms with van der Waals surface area (Å²) in [7, 11) is 1.32. The molecule has 0 radical (unpaired) electrons. The number of nitrogens with zero attached hydrogens (tertiary/aromatic N) is 2. The van der Waals surface area contributed by atoms with Gasteiger partial charge >= 0.3 is 28.3 Å². The Bertz CT molecular complexity index is 453. The molecule has 3 N–H and O–H groups in total. The van der Waals surface area contributed by atoms with Crippen LogP contribution >= 0.6 is 7.92 Å². The van der Waals surface area contributed by atoms with Gasteiger partial charge in [-0.2, -0.15) is 0 Å². The fourth-order valence-corrected chi connectivity index (χ4v) is 3.38. The van der Waals surface area contributed by atoms with Crippen LogP contribution in [0.3, 0.4) is 0 Å². The Labute approximate surface area is 166 Å². The van der Waals surface area contributed by atoms with E-state index < -0.39 is 18.6 Å². The molecule has 0 saturated heterocycles. The van der Waals surface area contributed by atoms with Crippen LogP contribution in [0, 0.1) is 6.20 Å². The molecule has 8 nitrogen and oxygen atoms in total. The molecule has 0 fully saturated rings. The predicted octanol–water partition coefficient (Wildman–Crippen LogP) is 0.445. The van der Waals surface area contributed by atoms with Crippen molar-refractivity contribution in [1.29, 1.82) is 0 Å². The van der Waals surface area contributed by atoms with Gasteiger partial charge in [0.1, 0.15) is 0 Å². The quantitative estimate of drug-likeness (QED) is 0.176. The van der Waals surface area contributed by atoms with Crippen LogP contribution in [0.2, 0.25) is 0 Å². The van der Waals surface area contributed by atoms with Crippen molar-refractivity contribution in [2.75, 3.05) is 32.2 Å². The Morgan fingerprint density at radius 3 is 2.28 bits per heavy atom. The van der Waals surface area contributed by atoms with Crippen molar-refractivity contribution in [3.05, 3.63) is 11.9 Å². The van der Waals surface area contributed by atoms with E-state index in [-0.39, 0.29) is 42.6 Å². The minimum atomic E-state index is -1.03. The zero-order valence-corrected chi connectivity index (χ0v) is 18.4. The summed E-state index contributed by atoms with van der Waals surface area (Å²) in [6.45, 7) is 6.42. The number of amides is 1. The molecule has 0 aliphatic carbocycles. The Morgan fingerprint density at radius 1 is 1.32 bits per heavy atom. The summed E-state index contributed by atoms with van der Waals surface area (Å²) in [5, 5.41) is 20.7. The summed E-state index contributed by atoms with van der Waals surface area (Å²) in [5.74, 6) is -1.06. The van der Waals surface area contributed by atoms with Crippen molar-refractivity contribution < 1.29 is 41.8 Å². The first-order valence-corrected chi connectivity index (χ1v) is 10.2. The number of hydrogen-bond acceptors (Lipinski definition) is 6. The third kappa shape index (κ3) is 12.2. The number of rotatable bonds is 9. The average molecular weight is 557 g/mol. The van der Waals surface area contributed by atoms with Crippen molar-refractivity contribution in [2.24, 2.45) is 0 Å². The molecule has 1 amide bonds. The van der Waals surface area contributed by atoms with Gasteiger partial charge in [-0.15, -0.1) is 10.9 Å². The van der Waals surface area contributed by atoms with Gasteiger partial charge in [0.2, 0.25) is 5.91 Å². The van der Waals surface area contributed by atoms with Gasteiger partial charge in [-0.25, -0.2) is 4.79 Å². The summed E-state index contributed by atoms with van der Waals surface area (Å²) in [6, 6.07) is -1.03. The second kappa shape index (κ2) is 16.7. The molecule has 1 unspecified atom stereocenters. The van der Waals surface area contributed by atoms with Crippen LogP contribution in [0.25, 0.3) is 0 Å². The summed E-state index contributed by atoms with van der Waals surface area (Å²) in [4.78, 5) is 22.5. The molecule has 0 aliphatic heterocycles. The van der Waals surface area contributed by atoms with E-state index in [9.17, 15) is 9.59 Å². The molecular weight excluding hydrogens is 528 g/mol. The number of ether oxygens (including phenoxy) is 1. The molecule has 10 heteroatoms. The van der Waals surface area contributed by atoms with Crippen LogP contribution in [-0.4, -0.2) is 70.6 Å². The summed E-state index contributed by atoms with van der Waals surface area (Å²) < 4.78 is 4.41. The number of methoxy groups -OCH3 is 1. The van der Waals surface area contributed by atoms with Crippen molar-refractivity contribution >= 4 is 19.8 Å². The summed E-state index contributed by atoms with van der Waals surface area (Å²) >= 11 is 0. The summed E-state index contributed by atoms with van der Waals surface area (Å²) in [6.07, 6.45) is 7.43. The minimum Gasteiger partial charge on any atom is -0.467 e. The van der Waals surface area contributed by atoms with Crippen LogP contribution in [0.4, 0.5) is 0 Å². The number of aryl methyl sites for hydroxylation is 1. The molecule has 148 valence electrons. The molecular formula is C15H29AuN4O4P+. The van der Waals surface area contributed by atoms with E-state index >= 15 is 0 Å². The molecule has 0 aliphatic rings. The van der Waals surface area contributed by atoms with Crippen LogP contribution in [0.15, 0.2) is 0 Å². The maximum Gasteiger partial charge on any atom is 1.00 e. The Hall–Kier alpha value is -0.790. The van der Waals surface area contributed by atoms with E-state index in [1.165, 1.54) is 25.6 Å². The number of hydrogen-bond donors (Lipinski definition) is 3. The number of aliphatic hydroxyl groups is 1. The molecule has 0 bridgehead atoms. The molecule has 0 aromatic carbocycles. The number of nitrogens with one attached hydrogen (secondary N) is 2. The predicted molar refractivity (Wildman–Crippen MR) is 94.5 cm³/mol. The van der Waals surface area contributed by atoms with Gasteiger partial charge in [-0.3, -0.25) is 4.79 Å². The van der Waals surface area contributed by atoms with E-state index in [0.717, 1.165) is 0 Å².